The summed E-state index contributed by atoms with van der Waals surface area (Å²) in [7, 11) is 0. The van der Waals surface area contributed by atoms with Crippen LogP contribution in [0.5, 0.6) is 0 Å². The maximum Gasteiger partial charge on any atom is 0.125 e. The highest BCUT2D eigenvalue weighted by Gasteiger charge is 2.22. The zero-order valence-electron chi connectivity index (χ0n) is 26.9. The largest absolute Gasteiger partial charge is 0.309 e. The predicted molar refractivity (Wildman–Crippen MR) is 211 cm³/mol. The number of fused-ring (bicyclic) bond motifs is 10. The predicted octanol–water partition coefficient (Wildman–Crippen LogP) is 12.1. The Morgan fingerprint density at radius 3 is 1.38 bits per heavy atom. The van der Waals surface area contributed by atoms with Crippen LogP contribution in [0.4, 0.5) is 0 Å². The molecule has 234 valence electrons. The Morgan fingerprint density at radius 2 is 0.800 bits per heavy atom. The standard InChI is InChI=1S/C45H28N4S/c1-2-12-30(13-3-1)48-40-20-10-6-16-34(40)36-26-27-37-35-17-7-11-21-41(35)49(44(37)43(36)48)42-28-46-45(50-42)29-22-24-31(25-23-29)47-38-18-8-4-14-32(38)33-15-5-9-19-39(33)47/h1-28H. The summed E-state index contributed by atoms with van der Waals surface area (Å²) in [6, 6.07) is 59.0. The van der Waals surface area contributed by atoms with Crippen LogP contribution in [0.3, 0.4) is 0 Å². The van der Waals surface area contributed by atoms with Crippen molar-refractivity contribution >= 4 is 76.8 Å². The second-order valence-electron chi connectivity index (χ2n) is 12.8. The van der Waals surface area contributed by atoms with Crippen LogP contribution in [0, 0.1) is 0 Å². The molecule has 0 spiro atoms. The van der Waals surface area contributed by atoms with Gasteiger partial charge in [-0.2, -0.15) is 0 Å². The van der Waals surface area contributed by atoms with Crippen molar-refractivity contribution in [2.75, 3.05) is 0 Å². The van der Waals surface area contributed by atoms with Gasteiger partial charge >= 0.3 is 0 Å². The maximum absolute atomic E-state index is 5.04. The number of hydrogen-bond acceptors (Lipinski definition) is 2. The highest BCUT2D eigenvalue weighted by molar-refractivity contribution is 7.17. The zero-order chi connectivity index (χ0) is 32.8. The Balaban J connectivity index is 1.11. The van der Waals surface area contributed by atoms with Crippen molar-refractivity contribution in [3.05, 3.63) is 170 Å². The minimum atomic E-state index is 0.996. The van der Waals surface area contributed by atoms with E-state index in [9.17, 15) is 0 Å². The lowest BCUT2D eigenvalue weighted by Crippen LogP contribution is -1.97. The third kappa shape index (κ3) is 3.84. The Bertz CT molecular complexity index is 3030. The molecule has 4 heterocycles. The Morgan fingerprint density at radius 1 is 0.360 bits per heavy atom. The van der Waals surface area contributed by atoms with Crippen molar-refractivity contribution in [1.29, 1.82) is 0 Å². The molecule has 11 aromatic rings. The molecule has 0 bridgehead atoms. The summed E-state index contributed by atoms with van der Waals surface area (Å²) in [6.45, 7) is 0. The highest BCUT2D eigenvalue weighted by atomic mass is 32.1. The minimum Gasteiger partial charge on any atom is -0.309 e. The molecule has 0 saturated carbocycles. The molecular formula is C45H28N4S. The molecule has 4 aromatic heterocycles. The monoisotopic (exact) mass is 656 g/mol. The van der Waals surface area contributed by atoms with E-state index >= 15 is 0 Å². The molecule has 4 nitrogen and oxygen atoms in total. The molecule has 11 rings (SSSR count). The zero-order valence-corrected chi connectivity index (χ0v) is 27.7. The molecule has 50 heavy (non-hydrogen) atoms. The molecule has 0 aliphatic rings. The van der Waals surface area contributed by atoms with Gasteiger partial charge in [0.05, 0.1) is 39.3 Å². The van der Waals surface area contributed by atoms with Crippen LogP contribution < -0.4 is 0 Å². The minimum absolute atomic E-state index is 0.996. The summed E-state index contributed by atoms with van der Waals surface area (Å²) in [5, 5.41) is 9.58. The van der Waals surface area contributed by atoms with Crippen molar-refractivity contribution in [3.63, 3.8) is 0 Å². The molecule has 0 fully saturated rings. The van der Waals surface area contributed by atoms with Gasteiger partial charge in [0, 0.05) is 49.3 Å². The van der Waals surface area contributed by atoms with Crippen molar-refractivity contribution in [1.82, 2.24) is 18.7 Å². The molecule has 0 atom stereocenters. The number of hydrogen-bond donors (Lipinski definition) is 0. The molecule has 0 unspecified atom stereocenters. The lowest BCUT2D eigenvalue weighted by Gasteiger charge is -2.11. The lowest BCUT2D eigenvalue weighted by atomic mass is 10.1. The van der Waals surface area contributed by atoms with E-state index in [1.807, 2.05) is 6.20 Å². The summed E-state index contributed by atoms with van der Waals surface area (Å²) in [5.41, 5.74) is 10.6. The van der Waals surface area contributed by atoms with Crippen LogP contribution in [0.2, 0.25) is 0 Å². The first-order valence-electron chi connectivity index (χ1n) is 16.9. The fourth-order valence-electron chi connectivity index (χ4n) is 8.03. The molecule has 5 heteroatoms. The number of para-hydroxylation sites is 5. The van der Waals surface area contributed by atoms with Gasteiger partial charge in [0.25, 0.3) is 0 Å². The van der Waals surface area contributed by atoms with Gasteiger partial charge in [-0.1, -0.05) is 114 Å². The Labute approximate surface area is 291 Å². The summed E-state index contributed by atoms with van der Waals surface area (Å²) in [5.74, 6) is 0. The third-order valence-corrected chi connectivity index (χ3v) is 11.2. The van der Waals surface area contributed by atoms with Crippen LogP contribution in [-0.4, -0.2) is 18.7 Å². The van der Waals surface area contributed by atoms with Crippen LogP contribution in [0.15, 0.2) is 170 Å². The fraction of sp³-hybridized carbons (Fsp3) is 0. The third-order valence-electron chi connectivity index (χ3n) is 10.1. The summed E-state index contributed by atoms with van der Waals surface area (Å²) < 4.78 is 7.22. The fourth-order valence-corrected chi connectivity index (χ4v) is 8.97. The average Bonchev–Trinajstić information content (AvgIpc) is 3.95. The molecule has 0 amide bonds. The van der Waals surface area contributed by atoms with Crippen molar-refractivity contribution < 1.29 is 0 Å². The Kier molecular flexibility index (Phi) is 5.80. The van der Waals surface area contributed by atoms with Crippen LogP contribution in [0.25, 0.3) is 92.4 Å². The van der Waals surface area contributed by atoms with Crippen LogP contribution >= 0.6 is 11.3 Å². The molecule has 0 saturated heterocycles. The average molecular weight is 657 g/mol. The molecule has 7 aromatic carbocycles. The number of aromatic nitrogens is 4. The normalized spacial score (nSPS) is 12.0. The topological polar surface area (TPSA) is 27.7 Å². The van der Waals surface area contributed by atoms with Gasteiger partial charge in [-0.3, -0.25) is 4.57 Å². The summed E-state index contributed by atoms with van der Waals surface area (Å²) in [6.07, 6.45) is 2.04. The van der Waals surface area contributed by atoms with Crippen LogP contribution in [0.1, 0.15) is 0 Å². The van der Waals surface area contributed by atoms with E-state index in [0.717, 1.165) is 26.9 Å². The van der Waals surface area contributed by atoms with Crippen molar-refractivity contribution in [3.8, 4) is 26.9 Å². The van der Waals surface area contributed by atoms with E-state index in [1.54, 1.807) is 11.3 Å². The van der Waals surface area contributed by atoms with E-state index in [2.05, 4.69) is 177 Å². The second kappa shape index (κ2) is 10.5. The molecule has 0 aliphatic heterocycles. The number of nitrogens with zero attached hydrogens (tertiary/aromatic N) is 4. The highest BCUT2D eigenvalue weighted by Crippen LogP contribution is 2.43. The quantitative estimate of drug-likeness (QED) is 0.185. The summed E-state index contributed by atoms with van der Waals surface area (Å²) >= 11 is 1.73. The van der Waals surface area contributed by atoms with Gasteiger partial charge < -0.3 is 9.13 Å². The maximum atomic E-state index is 5.04. The van der Waals surface area contributed by atoms with Gasteiger partial charge in [-0.15, -0.1) is 0 Å². The van der Waals surface area contributed by atoms with Gasteiger partial charge in [0.15, 0.2) is 0 Å². The molecule has 0 aliphatic carbocycles. The summed E-state index contributed by atoms with van der Waals surface area (Å²) in [4.78, 5) is 5.04. The van der Waals surface area contributed by atoms with Crippen molar-refractivity contribution in [2.24, 2.45) is 0 Å². The van der Waals surface area contributed by atoms with Crippen molar-refractivity contribution in [2.45, 2.75) is 0 Å². The SMILES string of the molecule is c1ccc(-n2c3ccccc3c3ccc4c5ccccc5n(-c5cnc(-c6ccc(-n7c8ccccc8c8ccccc87)cc6)s5)c4c32)cc1. The number of rotatable bonds is 4. The van der Waals surface area contributed by atoms with E-state index in [0.29, 0.717) is 0 Å². The second-order valence-corrected chi connectivity index (χ2v) is 13.8. The Hall–Kier alpha value is -6.43. The molecule has 0 radical (unpaired) electrons. The van der Waals surface area contributed by atoms with E-state index in [4.69, 9.17) is 4.98 Å². The number of benzene rings is 7. The first-order valence-corrected chi connectivity index (χ1v) is 17.7. The van der Waals surface area contributed by atoms with Gasteiger partial charge in [-0.05, 0) is 60.7 Å². The van der Waals surface area contributed by atoms with E-state index in [-0.39, 0.29) is 0 Å². The van der Waals surface area contributed by atoms with Gasteiger partial charge in [0.2, 0.25) is 0 Å². The number of thiazole rings is 1. The first kappa shape index (κ1) is 27.5. The van der Waals surface area contributed by atoms with Gasteiger partial charge in [0.1, 0.15) is 10.0 Å². The van der Waals surface area contributed by atoms with E-state index < -0.39 is 0 Å². The molecular weight excluding hydrogens is 629 g/mol. The lowest BCUT2D eigenvalue weighted by molar-refractivity contribution is 1.16. The van der Waals surface area contributed by atoms with E-state index in [1.165, 1.54) is 65.4 Å². The first-order chi connectivity index (χ1) is 24.8. The molecule has 0 N–H and O–H groups in total. The smallest absolute Gasteiger partial charge is 0.125 e. The van der Waals surface area contributed by atoms with Crippen LogP contribution in [-0.2, 0) is 0 Å². The van der Waals surface area contributed by atoms with Gasteiger partial charge in [-0.25, -0.2) is 4.98 Å².